The van der Waals surface area contributed by atoms with Gasteiger partial charge in [0.1, 0.15) is 6.54 Å². The van der Waals surface area contributed by atoms with E-state index in [0.29, 0.717) is 11.3 Å². The molecule has 0 radical (unpaired) electrons. The maximum Gasteiger partial charge on any atom is 0.513 e. The normalized spacial score (nSPS) is 11.1. The lowest BCUT2D eigenvalue weighted by molar-refractivity contribution is -0.119. The predicted octanol–water partition coefficient (Wildman–Crippen LogP) is 3.75. The van der Waals surface area contributed by atoms with Gasteiger partial charge in [-0.15, -0.1) is 0 Å². The molecule has 0 fully saturated rings. The number of ether oxygens (including phenoxy) is 3. The molecule has 0 bridgehead atoms. The Labute approximate surface area is 215 Å². The maximum atomic E-state index is 13.4. The predicted molar refractivity (Wildman–Crippen MR) is 139 cm³/mol. The summed E-state index contributed by atoms with van der Waals surface area (Å²) in [6, 6.07) is 19.5. The Hall–Kier alpha value is -4.38. The summed E-state index contributed by atoms with van der Waals surface area (Å²) in [7, 11) is -1.43. The molecule has 0 spiro atoms. The number of aryl methyl sites for hydroxylation is 1. The highest BCUT2D eigenvalue weighted by molar-refractivity contribution is 7.92. The van der Waals surface area contributed by atoms with Gasteiger partial charge < -0.3 is 14.2 Å². The van der Waals surface area contributed by atoms with Crippen molar-refractivity contribution in [1.82, 2.24) is 5.43 Å². The number of anilines is 1. The summed E-state index contributed by atoms with van der Waals surface area (Å²) < 4.78 is 42.4. The summed E-state index contributed by atoms with van der Waals surface area (Å²) in [5, 5.41) is 3.92. The minimum absolute atomic E-state index is 0.0622. The average Bonchev–Trinajstić information content (AvgIpc) is 2.92. The Morgan fingerprint density at radius 3 is 2.30 bits per heavy atom. The molecule has 1 amide bonds. The molecule has 0 unspecified atom stereocenters. The molecular formula is C26H27N3O7S. The number of nitrogens with zero attached hydrogens (tertiary/aromatic N) is 2. The number of hydrogen-bond donors (Lipinski definition) is 1. The van der Waals surface area contributed by atoms with Gasteiger partial charge in [0.25, 0.3) is 15.9 Å². The van der Waals surface area contributed by atoms with Gasteiger partial charge in [0.15, 0.2) is 11.5 Å². The molecule has 1 N–H and O–H groups in total. The Bertz CT molecular complexity index is 1360. The van der Waals surface area contributed by atoms with Crippen molar-refractivity contribution in [2.24, 2.45) is 5.10 Å². The second kappa shape index (κ2) is 12.5. The van der Waals surface area contributed by atoms with Gasteiger partial charge in [-0.25, -0.2) is 18.6 Å². The van der Waals surface area contributed by atoms with Crippen molar-refractivity contribution in [3.63, 3.8) is 0 Å². The molecule has 0 aromatic heterocycles. The largest absolute Gasteiger partial charge is 0.513 e. The van der Waals surface area contributed by atoms with E-state index in [1.165, 1.54) is 44.7 Å². The van der Waals surface area contributed by atoms with Crippen LogP contribution >= 0.6 is 0 Å². The Morgan fingerprint density at radius 2 is 1.68 bits per heavy atom. The van der Waals surface area contributed by atoms with E-state index < -0.39 is 28.6 Å². The molecule has 0 saturated heterocycles. The van der Waals surface area contributed by atoms with Crippen molar-refractivity contribution >= 4 is 34.0 Å². The maximum absolute atomic E-state index is 13.4. The highest BCUT2D eigenvalue weighted by atomic mass is 32.2. The first kappa shape index (κ1) is 27.2. The molecule has 3 rings (SSSR count). The third-order valence-corrected chi connectivity index (χ3v) is 6.99. The van der Waals surface area contributed by atoms with E-state index in [9.17, 15) is 18.0 Å². The van der Waals surface area contributed by atoms with E-state index in [-0.39, 0.29) is 16.4 Å². The van der Waals surface area contributed by atoms with Crippen LogP contribution in [0, 0.1) is 0 Å². The van der Waals surface area contributed by atoms with Gasteiger partial charge in [0.2, 0.25) is 0 Å². The zero-order valence-corrected chi connectivity index (χ0v) is 21.4. The first-order valence-electron chi connectivity index (χ1n) is 11.2. The summed E-state index contributed by atoms with van der Waals surface area (Å²) >= 11 is 0. The van der Waals surface area contributed by atoms with E-state index in [4.69, 9.17) is 9.47 Å². The van der Waals surface area contributed by atoms with Crippen LogP contribution in [0.25, 0.3) is 0 Å². The number of sulfonamides is 1. The molecule has 10 nitrogen and oxygen atoms in total. The number of carbonyl (C=O) groups is 2. The summed E-state index contributed by atoms with van der Waals surface area (Å²) in [6.07, 6.45) is 1.24. The van der Waals surface area contributed by atoms with Gasteiger partial charge in [-0.3, -0.25) is 9.10 Å². The third-order valence-electron chi connectivity index (χ3n) is 5.20. The van der Waals surface area contributed by atoms with Crippen molar-refractivity contribution in [2.75, 3.05) is 25.1 Å². The fourth-order valence-corrected chi connectivity index (χ4v) is 4.70. The van der Waals surface area contributed by atoms with Crippen molar-refractivity contribution < 1.29 is 32.2 Å². The van der Waals surface area contributed by atoms with E-state index in [1.807, 2.05) is 19.1 Å². The van der Waals surface area contributed by atoms with E-state index in [0.717, 1.165) is 16.3 Å². The van der Waals surface area contributed by atoms with Gasteiger partial charge in [-0.2, -0.15) is 5.10 Å². The second-order valence-electron chi connectivity index (χ2n) is 7.60. The molecular weight excluding hydrogens is 498 g/mol. The highest BCUT2D eigenvalue weighted by Crippen LogP contribution is 2.28. The lowest BCUT2D eigenvalue weighted by Crippen LogP contribution is -2.39. The number of benzene rings is 3. The summed E-state index contributed by atoms with van der Waals surface area (Å²) in [5.74, 6) is -0.254. The van der Waals surface area contributed by atoms with Crippen LogP contribution in [0.15, 0.2) is 82.8 Å². The van der Waals surface area contributed by atoms with Crippen LogP contribution in [-0.2, 0) is 26.0 Å². The topological polar surface area (TPSA) is 124 Å². The van der Waals surface area contributed by atoms with E-state index in [2.05, 4.69) is 15.3 Å². The zero-order valence-electron chi connectivity index (χ0n) is 20.6. The smallest absolute Gasteiger partial charge is 0.493 e. The van der Waals surface area contributed by atoms with E-state index in [1.54, 1.807) is 36.4 Å². The van der Waals surface area contributed by atoms with Gasteiger partial charge in [0.05, 0.1) is 31.0 Å². The minimum atomic E-state index is -4.02. The first-order chi connectivity index (χ1) is 17.8. The van der Waals surface area contributed by atoms with Crippen LogP contribution in [0.1, 0.15) is 18.1 Å². The van der Waals surface area contributed by atoms with Gasteiger partial charge >= 0.3 is 6.16 Å². The fourth-order valence-electron chi connectivity index (χ4n) is 3.26. The van der Waals surface area contributed by atoms with Crippen molar-refractivity contribution in [3.8, 4) is 11.5 Å². The second-order valence-corrected chi connectivity index (χ2v) is 9.47. The summed E-state index contributed by atoms with van der Waals surface area (Å²) in [4.78, 5) is 24.1. The number of carbonyl (C=O) groups excluding carboxylic acids is 2. The molecule has 0 saturated carbocycles. The average molecular weight is 526 g/mol. The Kier molecular flexibility index (Phi) is 9.22. The first-order valence-corrected chi connectivity index (χ1v) is 12.6. The SMILES string of the molecule is CCc1ccc(N(CC(=O)N/N=C\c2ccc(OC(=O)OC)c(OC)c2)S(=O)(=O)c2ccccc2)cc1. The number of hydrazone groups is 1. The molecule has 11 heteroatoms. The molecule has 3 aromatic rings. The molecule has 0 aliphatic carbocycles. The van der Waals surface area contributed by atoms with Crippen LogP contribution in [0.2, 0.25) is 0 Å². The number of nitrogens with one attached hydrogen (secondary N) is 1. The third kappa shape index (κ3) is 7.07. The molecule has 0 aliphatic heterocycles. The van der Waals surface area contributed by atoms with Gasteiger partial charge in [0, 0.05) is 0 Å². The molecule has 3 aromatic carbocycles. The number of hydrogen-bond acceptors (Lipinski definition) is 8. The quantitative estimate of drug-likeness (QED) is 0.185. The lowest BCUT2D eigenvalue weighted by atomic mass is 10.1. The molecule has 0 atom stereocenters. The van der Waals surface area contributed by atoms with Crippen LogP contribution in [0.5, 0.6) is 11.5 Å². The minimum Gasteiger partial charge on any atom is -0.493 e. The number of methoxy groups -OCH3 is 2. The summed E-state index contributed by atoms with van der Waals surface area (Å²) in [6.45, 7) is 1.50. The van der Waals surface area contributed by atoms with Crippen molar-refractivity contribution in [3.05, 3.63) is 83.9 Å². The van der Waals surface area contributed by atoms with Crippen molar-refractivity contribution in [1.29, 1.82) is 0 Å². The molecule has 194 valence electrons. The molecule has 37 heavy (non-hydrogen) atoms. The van der Waals surface area contributed by atoms with Gasteiger partial charge in [-0.05, 0) is 60.0 Å². The molecule has 0 aliphatic rings. The number of rotatable bonds is 10. The van der Waals surface area contributed by atoms with Crippen molar-refractivity contribution in [2.45, 2.75) is 18.2 Å². The van der Waals surface area contributed by atoms with Crippen LogP contribution in [-0.4, -0.2) is 47.5 Å². The Morgan fingerprint density at radius 1 is 0.973 bits per heavy atom. The zero-order chi connectivity index (χ0) is 26.8. The van der Waals surface area contributed by atoms with Crippen LogP contribution < -0.4 is 19.2 Å². The van der Waals surface area contributed by atoms with Crippen LogP contribution in [0.3, 0.4) is 0 Å². The fraction of sp³-hybridized carbons (Fsp3) is 0.192. The van der Waals surface area contributed by atoms with Crippen LogP contribution in [0.4, 0.5) is 10.5 Å². The Balaban J connectivity index is 1.77. The highest BCUT2D eigenvalue weighted by Gasteiger charge is 2.27. The number of amides is 1. The molecule has 0 heterocycles. The summed E-state index contributed by atoms with van der Waals surface area (Å²) in [5.41, 5.74) is 4.26. The lowest BCUT2D eigenvalue weighted by Gasteiger charge is -2.24. The van der Waals surface area contributed by atoms with E-state index >= 15 is 0 Å². The standard InChI is InChI=1S/C26H27N3O7S/c1-4-19-10-13-21(14-11-19)29(37(32,33)22-8-6-5-7-9-22)18-25(30)28-27-17-20-12-15-23(24(16-20)34-2)36-26(31)35-3/h5-17H,4,18H2,1-3H3,(H,28,30)/b27-17-. The van der Waals surface area contributed by atoms with Gasteiger partial charge in [-0.1, -0.05) is 37.3 Å². The monoisotopic (exact) mass is 525 g/mol.